The van der Waals surface area contributed by atoms with Crippen molar-refractivity contribution in [2.24, 2.45) is 5.92 Å². The molecular weight excluding hydrogens is 716 g/mol. The van der Waals surface area contributed by atoms with Crippen LogP contribution in [0.5, 0.6) is 0 Å². The first kappa shape index (κ1) is 36.8. The molecule has 10 heteroatoms. The highest BCUT2D eigenvalue weighted by Crippen LogP contribution is 2.53. The summed E-state index contributed by atoms with van der Waals surface area (Å²) in [6.07, 6.45) is 3.38. The normalized spacial score (nSPS) is 18.3. The van der Waals surface area contributed by atoms with E-state index in [2.05, 4.69) is 182 Å². The van der Waals surface area contributed by atoms with E-state index in [1.807, 2.05) is 18.1 Å². The first-order valence-corrected chi connectivity index (χ1v) is 23.1. The summed E-state index contributed by atoms with van der Waals surface area (Å²) in [5.41, 5.74) is 1.35. The number of hydrogen-bond donors (Lipinski definition) is 0. The summed E-state index contributed by atoms with van der Waals surface area (Å²) in [5, 5.41) is 5.38. The summed E-state index contributed by atoms with van der Waals surface area (Å²) in [4.78, 5) is 13.5. The highest BCUT2D eigenvalue weighted by atomic mass is 35.5. The maximum atomic E-state index is 7.62. The molecule has 0 aliphatic carbocycles. The Morgan fingerprint density at radius 3 is 1.46 bits per heavy atom. The third kappa shape index (κ3) is 6.50. The minimum absolute atomic E-state index is 0.0296. The Morgan fingerprint density at radius 2 is 1.04 bits per heavy atom. The standard InChI is InChI=1S/C42H47ClN4O2SSi2/c1-41(2,3)51(31-19-11-7-12-20-31,32-21-13-8-14-22-32)48-27-35-36(50-40(35)47-30-46-37-38(43)44-29-45-39(37)47)28-49-52(42(4,5)6,33-23-15-9-16-24-33)34-25-17-10-18-26-34/h7-26,29-30,35-36,40H,27-28H2,1-6H3/t35-,36-,40-/m0/s1. The molecule has 3 heterocycles. The predicted octanol–water partition coefficient (Wildman–Crippen LogP) is 7.86. The number of fused-ring (bicyclic) bond motifs is 1. The van der Waals surface area contributed by atoms with Gasteiger partial charge in [-0.1, -0.05) is 174 Å². The second-order valence-electron chi connectivity index (χ2n) is 15.7. The van der Waals surface area contributed by atoms with Gasteiger partial charge in [-0.05, 0) is 30.8 Å². The lowest BCUT2D eigenvalue weighted by molar-refractivity contribution is 0.168. The quantitative estimate of drug-likeness (QED) is 0.0990. The Bertz CT molecular complexity index is 2010. The molecule has 0 unspecified atom stereocenters. The topological polar surface area (TPSA) is 62.1 Å². The van der Waals surface area contributed by atoms with E-state index < -0.39 is 16.6 Å². The van der Waals surface area contributed by atoms with E-state index in [0.29, 0.717) is 23.9 Å². The molecule has 52 heavy (non-hydrogen) atoms. The number of benzene rings is 4. The highest BCUT2D eigenvalue weighted by molar-refractivity contribution is 8.01. The van der Waals surface area contributed by atoms with E-state index >= 15 is 0 Å². The van der Waals surface area contributed by atoms with Crippen molar-refractivity contribution in [1.82, 2.24) is 19.5 Å². The van der Waals surface area contributed by atoms with Crippen molar-refractivity contribution in [2.75, 3.05) is 13.2 Å². The largest absolute Gasteiger partial charge is 0.407 e. The van der Waals surface area contributed by atoms with Crippen LogP contribution in [-0.4, -0.2) is 54.6 Å². The Balaban J connectivity index is 1.29. The van der Waals surface area contributed by atoms with Crippen molar-refractivity contribution >= 4 is 71.9 Å². The SMILES string of the molecule is CC(C)(C)[Si](OC[C@H]1[C@H](CO[Si](c2ccccc2)(c2ccccc2)C(C)(C)C)S[C@@H]1n1cnc2c(Cl)ncnc21)(c1ccccc1)c1ccccc1. The number of halogens is 1. The van der Waals surface area contributed by atoms with Gasteiger partial charge in [-0.15, -0.1) is 11.8 Å². The molecule has 1 fully saturated rings. The van der Waals surface area contributed by atoms with Crippen molar-refractivity contribution in [2.45, 2.75) is 62.2 Å². The van der Waals surface area contributed by atoms with Crippen molar-refractivity contribution in [1.29, 1.82) is 0 Å². The third-order valence-electron chi connectivity index (χ3n) is 10.5. The average Bonchev–Trinajstić information content (AvgIpc) is 3.56. The summed E-state index contributed by atoms with van der Waals surface area (Å²) in [6.45, 7) is 15.1. The molecule has 1 aliphatic rings. The molecule has 0 saturated carbocycles. The van der Waals surface area contributed by atoms with Crippen LogP contribution in [-0.2, 0) is 8.85 Å². The second kappa shape index (κ2) is 14.7. The Hall–Kier alpha value is -3.58. The molecule has 1 aliphatic heterocycles. The highest BCUT2D eigenvalue weighted by Gasteiger charge is 2.55. The average molecular weight is 764 g/mol. The van der Waals surface area contributed by atoms with E-state index in [4.69, 9.17) is 20.5 Å². The minimum Gasteiger partial charge on any atom is -0.407 e. The predicted molar refractivity (Wildman–Crippen MR) is 221 cm³/mol. The maximum Gasteiger partial charge on any atom is 0.261 e. The van der Waals surface area contributed by atoms with Gasteiger partial charge in [-0.2, -0.15) is 0 Å². The molecule has 6 aromatic rings. The third-order valence-corrected chi connectivity index (χ3v) is 22.5. The zero-order valence-corrected chi connectivity index (χ0v) is 34.3. The molecule has 0 spiro atoms. The van der Waals surface area contributed by atoms with E-state index in [-0.39, 0.29) is 26.6 Å². The molecular formula is C42H47ClN4O2SSi2. The van der Waals surface area contributed by atoms with Crippen molar-refractivity contribution in [3.63, 3.8) is 0 Å². The van der Waals surface area contributed by atoms with Crippen molar-refractivity contribution < 1.29 is 8.85 Å². The van der Waals surface area contributed by atoms with Crippen LogP contribution in [0.1, 0.15) is 46.9 Å². The summed E-state index contributed by atoms with van der Waals surface area (Å²) in [6, 6.07) is 43.5. The molecule has 0 bridgehead atoms. The molecule has 7 rings (SSSR count). The molecule has 6 nitrogen and oxygen atoms in total. The zero-order valence-electron chi connectivity index (χ0n) is 30.7. The summed E-state index contributed by atoms with van der Waals surface area (Å²) in [5.74, 6) is 0.107. The van der Waals surface area contributed by atoms with Gasteiger partial charge in [0.25, 0.3) is 16.6 Å². The van der Waals surface area contributed by atoms with Crippen LogP contribution in [0.15, 0.2) is 134 Å². The molecule has 1 saturated heterocycles. The van der Waals surface area contributed by atoms with Crippen LogP contribution in [0.3, 0.4) is 0 Å². The lowest BCUT2D eigenvalue weighted by Gasteiger charge is -2.50. The monoisotopic (exact) mass is 762 g/mol. The number of thioether (sulfide) groups is 1. The molecule has 0 amide bonds. The van der Waals surface area contributed by atoms with Crippen LogP contribution in [0.2, 0.25) is 15.2 Å². The Labute approximate surface area is 319 Å². The lowest BCUT2D eigenvalue weighted by atomic mass is 10.0. The lowest BCUT2D eigenvalue weighted by Crippen LogP contribution is -2.68. The fourth-order valence-corrected chi connectivity index (χ4v) is 19.0. The second-order valence-corrected chi connectivity index (χ2v) is 26.0. The number of nitrogens with zero attached hydrogens (tertiary/aromatic N) is 4. The van der Waals surface area contributed by atoms with Gasteiger partial charge >= 0.3 is 0 Å². The van der Waals surface area contributed by atoms with E-state index in [1.165, 1.54) is 27.1 Å². The number of aromatic nitrogens is 4. The first-order valence-electron chi connectivity index (χ1n) is 18.0. The van der Waals surface area contributed by atoms with E-state index in [1.54, 1.807) is 0 Å². The van der Waals surface area contributed by atoms with Gasteiger partial charge in [-0.3, -0.25) is 0 Å². The fraction of sp³-hybridized carbons (Fsp3) is 0.310. The first-order chi connectivity index (χ1) is 25.0. The van der Waals surface area contributed by atoms with Gasteiger partial charge in [0.05, 0.1) is 11.7 Å². The van der Waals surface area contributed by atoms with E-state index in [9.17, 15) is 0 Å². The fourth-order valence-electron chi connectivity index (χ4n) is 8.06. The van der Waals surface area contributed by atoms with E-state index in [0.717, 1.165) is 5.65 Å². The van der Waals surface area contributed by atoms with Crippen LogP contribution in [0.4, 0.5) is 0 Å². The smallest absolute Gasteiger partial charge is 0.261 e. The van der Waals surface area contributed by atoms with Gasteiger partial charge in [0.1, 0.15) is 11.8 Å². The molecule has 0 radical (unpaired) electrons. The van der Waals surface area contributed by atoms with Crippen LogP contribution < -0.4 is 20.7 Å². The Kier molecular flexibility index (Phi) is 10.4. The Morgan fingerprint density at radius 1 is 0.615 bits per heavy atom. The summed E-state index contributed by atoms with van der Waals surface area (Å²) in [7, 11) is -5.57. The maximum absolute atomic E-state index is 7.62. The zero-order chi connectivity index (χ0) is 36.6. The van der Waals surface area contributed by atoms with Crippen molar-refractivity contribution in [3.05, 3.63) is 139 Å². The summed E-state index contributed by atoms with van der Waals surface area (Å²) < 4.78 is 17.3. The molecule has 268 valence electrons. The van der Waals surface area contributed by atoms with Gasteiger partial charge in [0.2, 0.25) is 0 Å². The summed E-state index contributed by atoms with van der Waals surface area (Å²) >= 11 is 8.40. The van der Waals surface area contributed by atoms with Gasteiger partial charge in [0, 0.05) is 24.4 Å². The van der Waals surface area contributed by atoms with Crippen LogP contribution in [0, 0.1) is 5.92 Å². The number of imidazole rings is 1. The minimum atomic E-state index is -2.81. The van der Waals surface area contributed by atoms with Crippen LogP contribution >= 0.6 is 23.4 Å². The molecule has 2 aromatic heterocycles. The molecule has 4 aromatic carbocycles. The van der Waals surface area contributed by atoms with Gasteiger partial charge in [0.15, 0.2) is 10.8 Å². The number of rotatable bonds is 11. The van der Waals surface area contributed by atoms with Crippen molar-refractivity contribution in [3.8, 4) is 0 Å². The van der Waals surface area contributed by atoms with Crippen LogP contribution in [0.25, 0.3) is 11.2 Å². The number of hydrogen-bond acceptors (Lipinski definition) is 6. The molecule has 0 N–H and O–H groups in total. The van der Waals surface area contributed by atoms with Gasteiger partial charge in [-0.25, -0.2) is 15.0 Å². The van der Waals surface area contributed by atoms with Gasteiger partial charge < -0.3 is 13.4 Å². The molecule has 3 atom stereocenters.